The summed E-state index contributed by atoms with van der Waals surface area (Å²) in [5.41, 5.74) is 7.97. The Kier molecular flexibility index (Phi) is 5.16. The molecule has 1 aromatic carbocycles. The lowest BCUT2D eigenvalue weighted by atomic mass is 10.1. The molecular weight excluding hydrogens is 410 g/mol. The molecule has 4 heterocycles. The SMILES string of the molecule is NC(=O)C1CN(C(=O)c2cc(-c3ccccc3)nc3c2cnn3Cc2ccco2)CCO1. The van der Waals surface area contributed by atoms with E-state index in [4.69, 9.17) is 19.9 Å². The number of fused-ring (bicyclic) bond motifs is 1. The zero-order chi connectivity index (χ0) is 22.1. The number of benzene rings is 1. The van der Waals surface area contributed by atoms with Crippen LogP contribution in [-0.4, -0.2) is 57.3 Å². The summed E-state index contributed by atoms with van der Waals surface area (Å²) in [5, 5.41) is 5.09. The summed E-state index contributed by atoms with van der Waals surface area (Å²) < 4.78 is 12.6. The molecule has 9 nitrogen and oxygen atoms in total. The highest BCUT2D eigenvalue weighted by molar-refractivity contribution is 6.06. The summed E-state index contributed by atoms with van der Waals surface area (Å²) >= 11 is 0. The van der Waals surface area contributed by atoms with Crippen molar-refractivity contribution in [1.29, 1.82) is 0 Å². The molecule has 5 rings (SSSR count). The van der Waals surface area contributed by atoms with Gasteiger partial charge < -0.3 is 19.8 Å². The molecule has 0 bridgehead atoms. The number of carbonyl (C=O) groups is 2. The summed E-state index contributed by atoms with van der Waals surface area (Å²) in [6.07, 6.45) is 2.42. The monoisotopic (exact) mass is 431 g/mol. The highest BCUT2D eigenvalue weighted by atomic mass is 16.5. The summed E-state index contributed by atoms with van der Waals surface area (Å²) in [6.45, 7) is 1.11. The van der Waals surface area contributed by atoms with Crippen LogP contribution >= 0.6 is 0 Å². The van der Waals surface area contributed by atoms with Crippen LogP contribution in [0.4, 0.5) is 0 Å². The first-order chi connectivity index (χ1) is 15.6. The van der Waals surface area contributed by atoms with Gasteiger partial charge in [0, 0.05) is 12.1 Å². The first-order valence-corrected chi connectivity index (χ1v) is 10.2. The molecule has 0 spiro atoms. The van der Waals surface area contributed by atoms with Crippen LogP contribution in [0.3, 0.4) is 0 Å². The standard InChI is InChI=1S/C23H21N5O4/c24-21(29)20-14-27(8-10-32-20)23(30)17-11-19(15-5-2-1-3-6-15)26-22-18(17)12-25-28(22)13-16-7-4-9-31-16/h1-7,9,11-12,20H,8,10,13-14H2,(H2,24,29). The number of pyridine rings is 1. The molecule has 4 aromatic rings. The second-order valence-electron chi connectivity index (χ2n) is 7.55. The van der Waals surface area contributed by atoms with Crippen LogP contribution in [0.1, 0.15) is 16.1 Å². The van der Waals surface area contributed by atoms with Crippen LogP contribution in [-0.2, 0) is 16.1 Å². The number of primary amides is 1. The minimum Gasteiger partial charge on any atom is -0.467 e. The molecule has 9 heteroatoms. The predicted octanol–water partition coefficient (Wildman–Crippen LogP) is 2.07. The lowest BCUT2D eigenvalue weighted by Crippen LogP contribution is -2.50. The largest absolute Gasteiger partial charge is 0.467 e. The van der Waals surface area contributed by atoms with Gasteiger partial charge in [-0.25, -0.2) is 9.67 Å². The molecule has 0 aliphatic carbocycles. The van der Waals surface area contributed by atoms with E-state index >= 15 is 0 Å². The average Bonchev–Trinajstić information content (AvgIpc) is 3.49. The van der Waals surface area contributed by atoms with Crippen molar-refractivity contribution in [3.05, 3.63) is 72.3 Å². The quantitative estimate of drug-likeness (QED) is 0.517. The van der Waals surface area contributed by atoms with E-state index in [1.807, 2.05) is 42.5 Å². The third-order valence-corrected chi connectivity index (χ3v) is 5.47. The number of ether oxygens (including phenoxy) is 1. The third kappa shape index (κ3) is 3.74. The number of hydrogen-bond acceptors (Lipinski definition) is 6. The minimum atomic E-state index is -0.819. The van der Waals surface area contributed by atoms with E-state index in [9.17, 15) is 9.59 Å². The van der Waals surface area contributed by atoms with Gasteiger partial charge in [0.05, 0.1) is 42.3 Å². The number of aromatic nitrogens is 3. The average molecular weight is 431 g/mol. The number of morpholine rings is 1. The fourth-order valence-corrected chi connectivity index (χ4v) is 3.82. The number of nitrogens with two attached hydrogens (primary N) is 1. The van der Waals surface area contributed by atoms with E-state index in [1.165, 1.54) is 0 Å². The van der Waals surface area contributed by atoms with Crippen LogP contribution in [0.25, 0.3) is 22.3 Å². The van der Waals surface area contributed by atoms with E-state index in [0.717, 1.165) is 11.3 Å². The molecule has 1 atom stereocenters. The Balaban J connectivity index is 1.60. The first kappa shape index (κ1) is 20.0. The zero-order valence-corrected chi connectivity index (χ0v) is 17.2. The number of furan rings is 1. The van der Waals surface area contributed by atoms with Gasteiger partial charge in [-0.05, 0) is 18.2 Å². The molecule has 1 saturated heterocycles. The molecular formula is C23H21N5O4. The van der Waals surface area contributed by atoms with Gasteiger partial charge in [0.25, 0.3) is 5.91 Å². The van der Waals surface area contributed by atoms with Gasteiger partial charge in [-0.15, -0.1) is 0 Å². The molecule has 1 aliphatic rings. The summed E-state index contributed by atoms with van der Waals surface area (Å²) in [4.78, 5) is 31.5. The summed E-state index contributed by atoms with van der Waals surface area (Å²) in [6, 6.07) is 15.1. The van der Waals surface area contributed by atoms with E-state index in [-0.39, 0.29) is 19.1 Å². The fraction of sp³-hybridized carbons (Fsp3) is 0.217. The van der Waals surface area contributed by atoms with Gasteiger partial charge >= 0.3 is 0 Å². The lowest BCUT2D eigenvalue weighted by Gasteiger charge is -2.31. The second-order valence-corrected chi connectivity index (χ2v) is 7.55. The van der Waals surface area contributed by atoms with E-state index in [2.05, 4.69) is 5.10 Å². The lowest BCUT2D eigenvalue weighted by molar-refractivity contribution is -0.133. The van der Waals surface area contributed by atoms with E-state index in [0.29, 0.717) is 35.4 Å². The Morgan fingerprint density at radius 2 is 2.00 bits per heavy atom. The number of amides is 2. The van der Waals surface area contributed by atoms with Gasteiger partial charge in [-0.3, -0.25) is 9.59 Å². The van der Waals surface area contributed by atoms with E-state index in [1.54, 1.807) is 28.1 Å². The second kappa shape index (κ2) is 8.27. The van der Waals surface area contributed by atoms with Gasteiger partial charge in [-0.2, -0.15) is 5.10 Å². The van der Waals surface area contributed by atoms with Crippen molar-refractivity contribution in [2.45, 2.75) is 12.6 Å². The van der Waals surface area contributed by atoms with Crippen molar-refractivity contribution in [2.24, 2.45) is 5.73 Å². The van der Waals surface area contributed by atoms with E-state index < -0.39 is 12.0 Å². The van der Waals surface area contributed by atoms with Crippen molar-refractivity contribution in [3.8, 4) is 11.3 Å². The van der Waals surface area contributed by atoms with Crippen LogP contribution in [0.2, 0.25) is 0 Å². The Morgan fingerprint density at radius 1 is 1.16 bits per heavy atom. The Hall–Kier alpha value is -3.98. The van der Waals surface area contributed by atoms with Gasteiger partial charge in [0.1, 0.15) is 12.3 Å². The highest BCUT2D eigenvalue weighted by Gasteiger charge is 2.30. The molecule has 1 aliphatic heterocycles. The van der Waals surface area contributed by atoms with Crippen LogP contribution in [0, 0.1) is 0 Å². The Bertz CT molecular complexity index is 1270. The normalized spacial score (nSPS) is 16.4. The first-order valence-electron chi connectivity index (χ1n) is 10.2. The Labute approximate surface area is 183 Å². The smallest absolute Gasteiger partial charge is 0.254 e. The van der Waals surface area contributed by atoms with Crippen LogP contribution in [0.5, 0.6) is 0 Å². The molecule has 0 saturated carbocycles. The van der Waals surface area contributed by atoms with Gasteiger partial charge in [0.2, 0.25) is 5.91 Å². The van der Waals surface area contributed by atoms with Crippen molar-refractivity contribution in [2.75, 3.05) is 19.7 Å². The van der Waals surface area contributed by atoms with Crippen molar-refractivity contribution >= 4 is 22.8 Å². The number of carbonyl (C=O) groups excluding carboxylic acids is 2. The van der Waals surface area contributed by atoms with Crippen LogP contribution in [0.15, 0.2) is 65.4 Å². The molecule has 162 valence electrons. The predicted molar refractivity (Wildman–Crippen MR) is 116 cm³/mol. The molecule has 2 amide bonds. The maximum Gasteiger partial charge on any atom is 0.254 e. The zero-order valence-electron chi connectivity index (χ0n) is 17.2. The molecule has 2 N–H and O–H groups in total. The summed E-state index contributed by atoms with van der Waals surface area (Å²) in [5.74, 6) is -0.0763. The maximum atomic E-state index is 13.5. The molecule has 3 aromatic heterocycles. The number of hydrogen-bond donors (Lipinski definition) is 1. The van der Waals surface area contributed by atoms with Gasteiger partial charge in [-0.1, -0.05) is 30.3 Å². The van der Waals surface area contributed by atoms with Crippen molar-refractivity contribution in [1.82, 2.24) is 19.7 Å². The fourth-order valence-electron chi connectivity index (χ4n) is 3.82. The van der Waals surface area contributed by atoms with Gasteiger partial charge in [0.15, 0.2) is 11.8 Å². The molecule has 1 unspecified atom stereocenters. The highest BCUT2D eigenvalue weighted by Crippen LogP contribution is 2.27. The Morgan fingerprint density at radius 3 is 2.75 bits per heavy atom. The minimum absolute atomic E-state index is 0.110. The topological polar surface area (TPSA) is 116 Å². The maximum absolute atomic E-state index is 13.5. The molecule has 1 fully saturated rings. The third-order valence-electron chi connectivity index (χ3n) is 5.47. The van der Waals surface area contributed by atoms with Crippen LogP contribution < -0.4 is 5.73 Å². The van der Waals surface area contributed by atoms with Crippen molar-refractivity contribution in [3.63, 3.8) is 0 Å². The number of rotatable bonds is 5. The van der Waals surface area contributed by atoms with Crippen molar-refractivity contribution < 1.29 is 18.7 Å². The molecule has 0 radical (unpaired) electrons. The number of nitrogens with zero attached hydrogens (tertiary/aromatic N) is 4. The molecule has 32 heavy (non-hydrogen) atoms. The summed E-state index contributed by atoms with van der Waals surface area (Å²) in [7, 11) is 0.